The number of hydrogen-bond acceptors (Lipinski definition) is 7. The summed E-state index contributed by atoms with van der Waals surface area (Å²) in [7, 11) is 1.62. The third-order valence-corrected chi connectivity index (χ3v) is 7.08. The second kappa shape index (κ2) is 9.64. The number of pyridine rings is 2. The first-order valence-electron chi connectivity index (χ1n) is 12.5. The van der Waals surface area contributed by atoms with Crippen LogP contribution in [0.3, 0.4) is 0 Å². The number of carbonyl (C=O) groups is 1. The molecular weight excluding hydrogens is 492 g/mol. The van der Waals surface area contributed by atoms with Gasteiger partial charge in [-0.15, -0.1) is 0 Å². The van der Waals surface area contributed by atoms with Crippen molar-refractivity contribution in [1.82, 2.24) is 29.7 Å². The third-order valence-electron chi connectivity index (χ3n) is 7.08. The first-order chi connectivity index (χ1) is 18.4. The molecule has 2 aliphatic rings. The fourth-order valence-electron chi connectivity index (χ4n) is 4.87. The molecule has 1 unspecified atom stereocenters. The molecule has 1 saturated carbocycles. The molecule has 1 aliphatic heterocycles. The van der Waals surface area contributed by atoms with Crippen LogP contribution in [0.2, 0.25) is 0 Å². The highest BCUT2D eigenvalue weighted by atomic mass is 19.3. The van der Waals surface area contributed by atoms with Crippen molar-refractivity contribution in [3.8, 4) is 16.9 Å². The summed E-state index contributed by atoms with van der Waals surface area (Å²) in [4.78, 5) is 32.5. The molecule has 2 N–H and O–H groups in total. The maximum atomic E-state index is 13.3. The number of imidazole rings is 1. The van der Waals surface area contributed by atoms with Gasteiger partial charge in [0.05, 0.1) is 24.3 Å². The summed E-state index contributed by atoms with van der Waals surface area (Å²) in [5, 5.41) is 3.25. The van der Waals surface area contributed by atoms with Crippen LogP contribution in [0, 0.1) is 5.92 Å². The minimum atomic E-state index is -2.82. The predicted octanol–water partition coefficient (Wildman–Crippen LogP) is 4.07. The summed E-state index contributed by atoms with van der Waals surface area (Å²) in [5.74, 6) is -2.42. The van der Waals surface area contributed by atoms with E-state index in [0.717, 1.165) is 27.7 Å². The Morgan fingerprint density at radius 3 is 2.74 bits per heavy atom. The highest BCUT2D eigenvalue weighted by Gasteiger charge is 2.62. The van der Waals surface area contributed by atoms with Crippen molar-refractivity contribution >= 4 is 28.7 Å². The Morgan fingerprint density at radius 2 is 1.97 bits per heavy atom. The third kappa shape index (κ3) is 4.89. The molecule has 11 heteroatoms. The van der Waals surface area contributed by atoms with Crippen LogP contribution >= 0.6 is 0 Å². The second-order valence-electron chi connectivity index (χ2n) is 9.69. The summed E-state index contributed by atoms with van der Waals surface area (Å²) < 4.78 is 31.9. The molecule has 1 amide bonds. The number of anilines is 2. The fraction of sp³-hybridized carbons (Fsp3) is 0.333. The number of fused-ring (bicyclic) bond motifs is 1. The predicted molar refractivity (Wildman–Crippen MR) is 138 cm³/mol. The van der Waals surface area contributed by atoms with Gasteiger partial charge in [-0.2, -0.15) is 0 Å². The van der Waals surface area contributed by atoms with Crippen LogP contribution in [0.5, 0.6) is 5.75 Å². The smallest absolute Gasteiger partial charge is 0.260 e. The SMILES string of the molecule is COc1cnccc1-c1ccc2nc(Nc3cc(CN4CCN(C(=O)C5CC5(F)F)CC4)ccn3)[nH]c2c1. The molecule has 2 fully saturated rings. The number of carbonyl (C=O) groups excluding carboxylic acids is 1. The van der Waals surface area contributed by atoms with E-state index in [2.05, 4.69) is 30.2 Å². The molecule has 1 atom stereocenters. The number of nitrogens with one attached hydrogen (secondary N) is 2. The van der Waals surface area contributed by atoms with Gasteiger partial charge in [0.15, 0.2) is 0 Å². The van der Waals surface area contributed by atoms with E-state index in [1.54, 1.807) is 30.6 Å². The first kappa shape index (κ1) is 24.2. The van der Waals surface area contributed by atoms with Crippen LogP contribution in [-0.2, 0) is 11.3 Å². The number of methoxy groups -OCH3 is 1. The Morgan fingerprint density at radius 1 is 1.16 bits per heavy atom. The van der Waals surface area contributed by atoms with E-state index >= 15 is 0 Å². The van der Waals surface area contributed by atoms with Crippen LogP contribution in [-0.4, -0.2) is 74.9 Å². The fourth-order valence-corrected chi connectivity index (χ4v) is 4.87. The van der Waals surface area contributed by atoms with E-state index in [1.807, 2.05) is 36.4 Å². The molecule has 3 aromatic heterocycles. The number of aromatic amines is 1. The van der Waals surface area contributed by atoms with E-state index in [1.165, 1.54) is 0 Å². The molecule has 1 saturated heterocycles. The summed E-state index contributed by atoms with van der Waals surface area (Å²) >= 11 is 0. The lowest BCUT2D eigenvalue weighted by Gasteiger charge is -2.34. The molecule has 9 nitrogen and oxygen atoms in total. The van der Waals surface area contributed by atoms with Crippen LogP contribution < -0.4 is 10.1 Å². The number of alkyl halides is 2. The lowest BCUT2D eigenvalue weighted by atomic mass is 10.1. The van der Waals surface area contributed by atoms with Crippen molar-refractivity contribution in [3.63, 3.8) is 0 Å². The van der Waals surface area contributed by atoms with Crippen LogP contribution in [0.1, 0.15) is 12.0 Å². The molecule has 6 rings (SSSR count). The van der Waals surface area contributed by atoms with Gasteiger partial charge < -0.3 is 19.9 Å². The van der Waals surface area contributed by atoms with Gasteiger partial charge in [0.25, 0.3) is 5.92 Å². The maximum Gasteiger partial charge on any atom is 0.260 e. The molecule has 1 aliphatic carbocycles. The highest BCUT2D eigenvalue weighted by molar-refractivity contribution is 5.85. The number of piperazine rings is 1. The van der Waals surface area contributed by atoms with E-state index < -0.39 is 17.7 Å². The summed E-state index contributed by atoms with van der Waals surface area (Å²) in [6.45, 7) is 2.89. The molecule has 0 radical (unpaired) electrons. The molecule has 4 heterocycles. The lowest BCUT2D eigenvalue weighted by molar-refractivity contribution is -0.136. The van der Waals surface area contributed by atoms with Crippen molar-refractivity contribution in [1.29, 1.82) is 0 Å². The number of ether oxygens (including phenoxy) is 1. The van der Waals surface area contributed by atoms with Crippen LogP contribution in [0.15, 0.2) is 55.0 Å². The maximum absolute atomic E-state index is 13.3. The van der Waals surface area contributed by atoms with Gasteiger partial charge in [-0.05, 0) is 41.5 Å². The number of nitrogens with zero attached hydrogens (tertiary/aromatic N) is 5. The number of aromatic nitrogens is 4. The van der Waals surface area contributed by atoms with Crippen molar-refractivity contribution in [3.05, 3.63) is 60.6 Å². The Hall–Kier alpha value is -4.12. The van der Waals surface area contributed by atoms with Gasteiger partial charge in [-0.25, -0.2) is 18.7 Å². The Bertz CT molecular complexity index is 1480. The molecule has 4 aromatic rings. The molecule has 0 spiro atoms. The van der Waals surface area contributed by atoms with Crippen LogP contribution in [0.25, 0.3) is 22.2 Å². The molecule has 0 bridgehead atoms. The second-order valence-corrected chi connectivity index (χ2v) is 9.69. The van der Waals surface area contributed by atoms with Gasteiger partial charge in [0, 0.05) is 57.1 Å². The number of amides is 1. The van der Waals surface area contributed by atoms with Crippen molar-refractivity contribution in [2.75, 3.05) is 38.6 Å². The number of hydrogen-bond donors (Lipinski definition) is 2. The highest BCUT2D eigenvalue weighted by Crippen LogP contribution is 2.49. The summed E-state index contributed by atoms with van der Waals surface area (Å²) in [6.07, 6.45) is 4.84. The normalized spacial score (nSPS) is 18.9. The molecule has 196 valence electrons. The zero-order chi connectivity index (χ0) is 26.3. The zero-order valence-electron chi connectivity index (χ0n) is 20.8. The molecule has 1 aromatic carbocycles. The summed E-state index contributed by atoms with van der Waals surface area (Å²) in [5.41, 5.74) is 4.67. The Labute approximate surface area is 217 Å². The van der Waals surface area contributed by atoms with Gasteiger partial charge in [0.1, 0.15) is 17.5 Å². The van der Waals surface area contributed by atoms with Gasteiger partial charge in [-0.1, -0.05) is 6.07 Å². The van der Waals surface area contributed by atoms with Crippen molar-refractivity contribution in [2.45, 2.75) is 18.9 Å². The number of halogens is 2. The van der Waals surface area contributed by atoms with Crippen molar-refractivity contribution in [2.24, 2.45) is 5.92 Å². The quantitative estimate of drug-likeness (QED) is 0.380. The van der Waals surface area contributed by atoms with Gasteiger partial charge >= 0.3 is 0 Å². The average Bonchev–Trinajstić information content (AvgIpc) is 3.38. The monoisotopic (exact) mass is 519 g/mol. The Kier molecular flexibility index (Phi) is 6.15. The van der Waals surface area contributed by atoms with E-state index in [9.17, 15) is 13.6 Å². The topological polar surface area (TPSA) is 99.3 Å². The molecule has 38 heavy (non-hydrogen) atoms. The number of H-pyrrole nitrogens is 1. The lowest BCUT2D eigenvalue weighted by Crippen LogP contribution is -2.49. The average molecular weight is 520 g/mol. The van der Waals surface area contributed by atoms with Gasteiger partial charge in [0.2, 0.25) is 11.9 Å². The summed E-state index contributed by atoms with van der Waals surface area (Å²) in [6, 6.07) is 11.8. The van der Waals surface area contributed by atoms with Gasteiger partial charge in [-0.3, -0.25) is 14.7 Å². The van der Waals surface area contributed by atoms with Crippen molar-refractivity contribution < 1.29 is 18.3 Å². The van der Waals surface area contributed by atoms with E-state index in [0.29, 0.717) is 50.2 Å². The number of benzene rings is 1. The van der Waals surface area contributed by atoms with E-state index in [-0.39, 0.29) is 6.42 Å². The zero-order valence-corrected chi connectivity index (χ0v) is 20.8. The minimum Gasteiger partial charge on any atom is -0.494 e. The standard InChI is InChI=1S/C27H27F2N7O2/c1-38-23-15-30-6-5-19(23)18-2-3-21-22(13-18)33-26(32-21)34-24-12-17(4-7-31-24)16-35-8-10-36(11-9-35)25(37)20-14-27(20,28)29/h2-7,12-13,15,20H,8-11,14,16H2,1H3,(H2,31,32,33,34). The van der Waals surface area contributed by atoms with Crippen LogP contribution in [0.4, 0.5) is 20.5 Å². The Balaban J connectivity index is 1.10. The largest absolute Gasteiger partial charge is 0.494 e. The molecular formula is C27H27F2N7O2. The van der Waals surface area contributed by atoms with E-state index in [4.69, 9.17) is 4.74 Å². The minimum absolute atomic E-state index is 0.315. The first-order valence-corrected chi connectivity index (χ1v) is 12.5. The number of rotatable bonds is 7.